The van der Waals surface area contributed by atoms with Gasteiger partial charge in [-0.05, 0) is 75.0 Å². The highest BCUT2D eigenvalue weighted by atomic mass is 16.5. The molecule has 2 aliphatic rings. The first-order chi connectivity index (χ1) is 19.4. The van der Waals surface area contributed by atoms with Crippen molar-refractivity contribution >= 4 is 11.9 Å². The van der Waals surface area contributed by atoms with Crippen molar-refractivity contribution in [1.82, 2.24) is 0 Å². The van der Waals surface area contributed by atoms with Crippen molar-refractivity contribution in [2.45, 2.75) is 115 Å². The number of esters is 2. The number of rotatable bonds is 16. The minimum Gasteiger partial charge on any atom is -0.462 e. The second-order valence-electron chi connectivity index (χ2n) is 11.1. The predicted molar refractivity (Wildman–Crippen MR) is 158 cm³/mol. The van der Waals surface area contributed by atoms with Crippen molar-refractivity contribution in [3.8, 4) is 23.7 Å². The van der Waals surface area contributed by atoms with Crippen LogP contribution in [0.4, 0.5) is 0 Å². The molecule has 2 saturated carbocycles. The second-order valence-corrected chi connectivity index (χ2v) is 11.1. The lowest BCUT2D eigenvalue weighted by atomic mass is 9.77. The lowest BCUT2D eigenvalue weighted by Crippen LogP contribution is -2.37. The van der Waals surface area contributed by atoms with Gasteiger partial charge in [0.25, 0.3) is 0 Å². The van der Waals surface area contributed by atoms with E-state index in [1.54, 1.807) is 0 Å². The van der Waals surface area contributed by atoms with E-state index in [2.05, 4.69) is 50.7 Å². The highest BCUT2D eigenvalue weighted by molar-refractivity contribution is 5.81. The summed E-state index contributed by atoms with van der Waals surface area (Å²) in [6.45, 7) is 12.9. The smallest absolute Gasteiger partial charge is 0.330 e. The summed E-state index contributed by atoms with van der Waals surface area (Å²) in [6.07, 6.45) is 16.4. The number of carbonyl (C=O) groups is 2. The molecule has 0 bridgehead atoms. The topological polar surface area (TPSA) is 71.1 Å². The highest BCUT2D eigenvalue weighted by Crippen LogP contribution is 2.38. The molecule has 0 atom stereocenters. The third kappa shape index (κ3) is 12.3. The van der Waals surface area contributed by atoms with Gasteiger partial charge < -0.3 is 18.9 Å². The molecule has 2 fully saturated rings. The van der Waals surface area contributed by atoms with Crippen LogP contribution in [0, 0.1) is 35.5 Å². The van der Waals surface area contributed by atoms with Crippen LogP contribution >= 0.6 is 0 Å². The molecule has 2 aliphatic carbocycles. The van der Waals surface area contributed by atoms with Crippen LogP contribution < -0.4 is 0 Å². The Bertz CT molecular complexity index is 838. The summed E-state index contributed by atoms with van der Waals surface area (Å²) in [6, 6.07) is 0. The van der Waals surface area contributed by atoms with Crippen molar-refractivity contribution in [1.29, 1.82) is 0 Å². The van der Waals surface area contributed by atoms with Crippen LogP contribution in [0.5, 0.6) is 0 Å². The Kier molecular flexibility index (Phi) is 15.8. The lowest BCUT2D eigenvalue weighted by molar-refractivity contribution is -0.139. The zero-order chi connectivity index (χ0) is 29.1. The molecule has 6 nitrogen and oxygen atoms in total. The summed E-state index contributed by atoms with van der Waals surface area (Å²) in [4.78, 5) is 22.6. The summed E-state index contributed by atoms with van der Waals surface area (Å²) in [5.74, 6) is 13.7. The maximum absolute atomic E-state index is 11.3. The molecule has 0 aromatic carbocycles. The van der Waals surface area contributed by atoms with Gasteiger partial charge in [-0.2, -0.15) is 0 Å². The molecule has 0 spiro atoms. The van der Waals surface area contributed by atoms with E-state index < -0.39 is 23.1 Å². The maximum atomic E-state index is 11.3. The Morgan fingerprint density at radius 1 is 0.700 bits per heavy atom. The molecule has 0 heterocycles. The van der Waals surface area contributed by atoms with Crippen molar-refractivity contribution in [3.05, 3.63) is 25.3 Å². The average Bonchev–Trinajstić information content (AvgIpc) is 2.97. The monoisotopic (exact) mass is 554 g/mol. The predicted octanol–water partition coefficient (Wildman–Crippen LogP) is 6.72. The van der Waals surface area contributed by atoms with Crippen molar-refractivity contribution in [2.24, 2.45) is 11.8 Å². The van der Waals surface area contributed by atoms with Crippen molar-refractivity contribution in [2.75, 3.05) is 26.4 Å². The third-order valence-electron chi connectivity index (χ3n) is 8.02. The fraction of sp³-hybridized carbons (Fsp3) is 0.706. The van der Waals surface area contributed by atoms with Crippen LogP contribution in [-0.2, 0) is 28.5 Å². The van der Waals surface area contributed by atoms with Gasteiger partial charge in [-0.1, -0.05) is 64.5 Å². The minimum absolute atomic E-state index is 0.304. The molecular weight excluding hydrogens is 504 g/mol. The van der Waals surface area contributed by atoms with Gasteiger partial charge in [0, 0.05) is 25.0 Å². The first-order valence-corrected chi connectivity index (χ1v) is 15.3. The van der Waals surface area contributed by atoms with Gasteiger partial charge in [0.15, 0.2) is 0 Å². The molecule has 0 amide bonds. The van der Waals surface area contributed by atoms with Crippen molar-refractivity contribution < 1.29 is 28.5 Å². The van der Waals surface area contributed by atoms with E-state index in [0.29, 0.717) is 39.3 Å². The third-order valence-corrected chi connectivity index (χ3v) is 8.02. The largest absolute Gasteiger partial charge is 0.462 e. The fourth-order valence-corrected chi connectivity index (χ4v) is 5.70. The Morgan fingerprint density at radius 3 is 1.40 bits per heavy atom. The zero-order valence-corrected chi connectivity index (χ0v) is 24.9. The Balaban J connectivity index is 2.06. The van der Waals surface area contributed by atoms with Gasteiger partial charge in [0.05, 0.1) is 26.4 Å². The molecule has 0 aromatic heterocycles. The van der Waals surface area contributed by atoms with E-state index >= 15 is 0 Å². The number of ether oxygens (including phenoxy) is 4. The van der Waals surface area contributed by atoms with Crippen LogP contribution in [0.2, 0.25) is 0 Å². The van der Waals surface area contributed by atoms with Crippen LogP contribution in [0.3, 0.4) is 0 Å². The molecule has 0 aromatic rings. The summed E-state index contributed by atoms with van der Waals surface area (Å²) in [7, 11) is 0. The molecule has 0 aliphatic heterocycles. The van der Waals surface area contributed by atoms with Gasteiger partial charge in [-0.15, -0.1) is 0 Å². The normalized spacial score (nSPS) is 25.9. The summed E-state index contributed by atoms with van der Waals surface area (Å²) in [5, 5.41) is 0. The maximum Gasteiger partial charge on any atom is 0.330 e. The van der Waals surface area contributed by atoms with E-state index in [1.165, 1.54) is 37.8 Å². The Hall–Kier alpha value is -2.54. The average molecular weight is 555 g/mol. The molecule has 0 unspecified atom stereocenters. The van der Waals surface area contributed by atoms with Gasteiger partial charge in [0.2, 0.25) is 0 Å². The fourth-order valence-electron chi connectivity index (χ4n) is 5.70. The first kappa shape index (κ1) is 33.7. The number of carbonyl (C=O) groups excluding carboxylic acids is 2. The summed E-state index contributed by atoms with van der Waals surface area (Å²) >= 11 is 0. The van der Waals surface area contributed by atoms with Crippen LogP contribution in [0.25, 0.3) is 0 Å². The van der Waals surface area contributed by atoms with Crippen LogP contribution in [-0.4, -0.2) is 49.6 Å². The molecular formula is C34H50O6. The van der Waals surface area contributed by atoms with Gasteiger partial charge in [0.1, 0.15) is 11.2 Å². The highest BCUT2D eigenvalue weighted by Gasteiger charge is 2.36. The Morgan fingerprint density at radius 2 is 1.07 bits per heavy atom. The van der Waals surface area contributed by atoms with E-state index in [0.717, 1.165) is 63.2 Å². The summed E-state index contributed by atoms with van der Waals surface area (Å²) < 4.78 is 22.9. The van der Waals surface area contributed by atoms with E-state index in [1.807, 2.05) is 0 Å². The molecule has 0 saturated heterocycles. The molecule has 6 heteroatoms. The molecule has 40 heavy (non-hydrogen) atoms. The first-order valence-electron chi connectivity index (χ1n) is 15.3. The van der Waals surface area contributed by atoms with E-state index in [4.69, 9.17) is 18.9 Å². The van der Waals surface area contributed by atoms with Gasteiger partial charge in [-0.25, -0.2) is 9.59 Å². The zero-order valence-electron chi connectivity index (χ0n) is 24.9. The van der Waals surface area contributed by atoms with Crippen LogP contribution in [0.15, 0.2) is 25.3 Å². The SMILES string of the molecule is C=CC(=O)OCCCOC1(C#CC#CC2(OCCCOC(=O)C=C)CCC(CCC)CC2)CCC(CCC)CC1. The minimum atomic E-state index is -0.511. The summed E-state index contributed by atoms with van der Waals surface area (Å²) in [5.41, 5.74) is -1.02. The van der Waals surface area contributed by atoms with E-state index in [9.17, 15) is 9.59 Å². The number of hydrogen-bond donors (Lipinski definition) is 0. The van der Waals surface area contributed by atoms with Gasteiger partial charge >= 0.3 is 11.9 Å². The van der Waals surface area contributed by atoms with E-state index in [-0.39, 0.29) is 0 Å². The second kappa shape index (κ2) is 18.7. The molecule has 0 N–H and O–H groups in total. The quantitative estimate of drug-likeness (QED) is 0.0913. The molecule has 0 radical (unpaired) electrons. The standard InChI is InChI=1S/C34H50O6/c1-5-13-29-15-21-33(22-16-29,39-27-11-25-37-31(35)7-3)19-9-10-20-34(23-17-30(14-6-2)18-24-34)40-28-12-26-38-32(36)8-4/h7-8,29-30H,3-6,11-18,21-28H2,1-2H3. The Labute approximate surface area is 242 Å². The molecule has 222 valence electrons. The number of hydrogen-bond acceptors (Lipinski definition) is 6. The van der Waals surface area contributed by atoms with Crippen molar-refractivity contribution in [3.63, 3.8) is 0 Å². The molecule has 2 rings (SSSR count). The lowest BCUT2D eigenvalue weighted by Gasteiger charge is -2.36. The van der Waals surface area contributed by atoms with Crippen LogP contribution in [0.1, 0.15) is 104 Å². The van der Waals surface area contributed by atoms with Gasteiger partial charge in [-0.3, -0.25) is 0 Å².